The molecule has 0 radical (unpaired) electrons. The van der Waals surface area contributed by atoms with Gasteiger partial charge < -0.3 is 20.9 Å². The Hall–Kier alpha value is -1.57. The molecule has 1 fully saturated rings. The summed E-state index contributed by atoms with van der Waals surface area (Å²) in [4.78, 5) is 21.3. The Bertz CT molecular complexity index is 723. The summed E-state index contributed by atoms with van der Waals surface area (Å²) in [6.07, 6.45) is 4.12. The third kappa shape index (κ3) is 7.32. The number of nitrogens with two attached hydrogens (primary N) is 1. The summed E-state index contributed by atoms with van der Waals surface area (Å²) in [5, 5.41) is 2.79. The van der Waals surface area contributed by atoms with Gasteiger partial charge in [0.25, 0.3) is 0 Å². The average molecular weight is 463 g/mol. The van der Waals surface area contributed by atoms with Crippen molar-refractivity contribution in [3.8, 4) is 0 Å². The topological polar surface area (TPSA) is 74.5 Å². The molecule has 1 unspecified atom stereocenters. The van der Waals surface area contributed by atoms with E-state index in [1.54, 1.807) is 0 Å². The normalized spacial score (nSPS) is 14.8. The molecule has 1 amide bonds. The molecule has 3 rings (SSSR count). The van der Waals surface area contributed by atoms with E-state index < -0.39 is 6.04 Å². The summed E-state index contributed by atoms with van der Waals surface area (Å²) in [5.74, 6) is 0.261. The minimum atomic E-state index is -0.706. The largest absolute Gasteiger partial charge is 0.370 e. The van der Waals surface area contributed by atoms with Crippen LogP contribution in [-0.4, -0.2) is 49.0 Å². The quantitative estimate of drug-likeness (QED) is 0.711. The molecule has 0 aliphatic carbocycles. The highest BCUT2D eigenvalue weighted by Crippen LogP contribution is 2.22. The fourth-order valence-electron chi connectivity index (χ4n) is 3.30. The van der Waals surface area contributed by atoms with Gasteiger partial charge in [-0.2, -0.15) is 0 Å². The van der Waals surface area contributed by atoms with Crippen LogP contribution < -0.4 is 16.0 Å². The number of amides is 1. The van der Waals surface area contributed by atoms with E-state index in [1.807, 2.05) is 48.7 Å². The first-order valence-electron chi connectivity index (χ1n) is 9.03. The first-order valence-corrected chi connectivity index (χ1v) is 9.03. The van der Waals surface area contributed by atoms with Crippen molar-refractivity contribution < 1.29 is 4.79 Å². The second-order valence-electron chi connectivity index (χ2n) is 6.96. The highest BCUT2D eigenvalue weighted by Gasteiger charge is 2.21. The molecule has 1 aromatic carbocycles. The Kier molecular flexibility index (Phi) is 12.2. The van der Waals surface area contributed by atoms with E-state index in [0.717, 1.165) is 37.2 Å². The fourth-order valence-corrected chi connectivity index (χ4v) is 3.30. The highest BCUT2D eigenvalue weighted by atomic mass is 35.5. The molecule has 1 atom stereocenters. The van der Waals surface area contributed by atoms with E-state index in [1.165, 1.54) is 0 Å². The minimum absolute atomic E-state index is 0. The van der Waals surface area contributed by atoms with E-state index in [-0.39, 0.29) is 43.1 Å². The Labute approximate surface area is 191 Å². The highest BCUT2D eigenvalue weighted by molar-refractivity contribution is 5.94. The third-order valence-electron chi connectivity index (χ3n) is 5.00. The van der Waals surface area contributed by atoms with Crippen molar-refractivity contribution in [1.29, 1.82) is 0 Å². The van der Waals surface area contributed by atoms with Crippen molar-refractivity contribution in [2.75, 3.05) is 37.4 Å². The lowest BCUT2D eigenvalue weighted by Gasteiger charge is -2.36. The van der Waals surface area contributed by atoms with Gasteiger partial charge in [0.2, 0.25) is 5.91 Å². The number of carbonyl (C=O) groups excluding carboxylic acids is 1. The molecule has 1 aliphatic rings. The number of nitrogens with zero attached hydrogens (tertiary/aromatic N) is 3. The van der Waals surface area contributed by atoms with E-state index in [4.69, 9.17) is 5.73 Å². The van der Waals surface area contributed by atoms with Crippen molar-refractivity contribution >= 4 is 54.6 Å². The number of halogens is 3. The lowest BCUT2D eigenvalue weighted by atomic mass is 10.0. The summed E-state index contributed by atoms with van der Waals surface area (Å²) in [6, 6.07) is 13.1. The van der Waals surface area contributed by atoms with Crippen LogP contribution in [0.25, 0.3) is 0 Å². The average Bonchev–Trinajstić information content (AvgIpc) is 2.68. The summed E-state index contributed by atoms with van der Waals surface area (Å²) >= 11 is 0. The minimum Gasteiger partial charge on any atom is -0.370 e. The van der Waals surface area contributed by atoms with E-state index in [0.29, 0.717) is 11.9 Å². The number of carbonyl (C=O) groups is 1. The van der Waals surface area contributed by atoms with Gasteiger partial charge in [0.05, 0.1) is 11.9 Å². The fraction of sp³-hybridized carbons (Fsp3) is 0.400. The maximum absolute atomic E-state index is 12.3. The van der Waals surface area contributed by atoms with Crippen molar-refractivity contribution in [3.05, 3.63) is 54.2 Å². The summed E-state index contributed by atoms with van der Waals surface area (Å²) in [6.45, 7) is 2.05. The number of aromatic nitrogens is 1. The number of hydrogen-bond acceptors (Lipinski definition) is 5. The van der Waals surface area contributed by atoms with E-state index in [2.05, 4.69) is 34.2 Å². The molecule has 0 bridgehead atoms. The Balaban J connectivity index is 0.00000261. The van der Waals surface area contributed by atoms with Crippen LogP contribution in [0.4, 0.5) is 11.5 Å². The Morgan fingerprint density at radius 1 is 1.10 bits per heavy atom. The molecule has 2 aromatic rings. The molecule has 6 nitrogen and oxygen atoms in total. The van der Waals surface area contributed by atoms with Gasteiger partial charge in [0, 0.05) is 19.1 Å². The Morgan fingerprint density at radius 2 is 1.72 bits per heavy atom. The standard InChI is InChI=1S/C20H27N5O.3ClH/c1-24(2)16-10-12-25(13-11-16)17-8-9-18(22-14-17)23-20(26)19(21)15-6-4-3-5-7-15;;;/h3-9,14,16,19H,10-13,21H2,1-2H3,(H,22,23,26);3*1H. The molecule has 29 heavy (non-hydrogen) atoms. The zero-order valence-corrected chi connectivity index (χ0v) is 19.1. The summed E-state index contributed by atoms with van der Waals surface area (Å²) < 4.78 is 0. The number of benzene rings is 1. The molecule has 1 aliphatic heterocycles. The molecule has 0 saturated carbocycles. The first-order chi connectivity index (χ1) is 12.5. The number of pyridine rings is 1. The maximum Gasteiger partial charge on any atom is 0.247 e. The number of rotatable bonds is 5. The van der Waals surface area contributed by atoms with Crippen LogP contribution in [0.3, 0.4) is 0 Å². The van der Waals surface area contributed by atoms with Crippen molar-refractivity contribution in [2.24, 2.45) is 5.73 Å². The molecular formula is C20H30Cl3N5O. The zero-order chi connectivity index (χ0) is 18.5. The number of anilines is 2. The van der Waals surface area contributed by atoms with Gasteiger partial charge in [-0.25, -0.2) is 4.98 Å². The van der Waals surface area contributed by atoms with Crippen LogP contribution in [0.15, 0.2) is 48.7 Å². The zero-order valence-electron chi connectivity index (χ0n) is 16.7. The Morgan fingerprint density at radius 3 is 2.24 bits per heavy atom. The van der Waals surface area contributed by atoms with Gasteiger partial charge in [-0.3, -0.25) is 4.79 Å². The van der Waals surface area contributed by atoms with Gasteiger partial charge in [0.15, 0.2) is 0 Å². The second kappa shape index (κ2) is 12.9. The summed E-state index contributed by atoms with van der Waals surface area (Å²) in [5.41, 5.74) is 7.89. The summed E-state index contributed by atoms with van der Waals surface area (Å²) in [7, 11) is 4.28. The lowest BCUT2D eigenvalue weighted by molar-refractivity contribution is -0.117. The van der Waals surface area contributed by atoms with Crippen LogP contribution in [0.1, 0.15) is 24.4 Å². The smallest absolute Gasteiger partial charge is 0.247 e. The van der Waals surface area contributed by atoms with Gasteiger partial charge in [0.1, 0.15) is 11.9 Å². The van der Waals surface area contributed by atoms with E-state index in [9.17, 15) is 4.79 Å². The predicted molar refractivity (Wildman–Crippen MR) is 127 cm³/mol. The van der Waals surface area contributed by atoms with Gasteiger partial charge in [-0.05, 0) is 44.6 Å². The number of nitrogens with one attached hydrogen (secondary N) is 1. The molecule has 1 saturated heterocycles. The second-order valence-corrected chi connectivity index (χ2v) is 6.96. The van der Waals surface area contributed by atoms with Gasteiger partial charge >= 0.3 is 0 Å². The molecule has 1 aromatic heterocycles. The van der Waals surface area contributed by atoms with Crippen molar-refractivity contribution in [1.82, 2.24) is 9.88 Å². The lowest BCUT2D eigenvalue weighted by Crippen LogP contribution is -2.42. The van der Waals surface area contributed by atoms with E-state index >= 15 is 0 Å². The monoisotopic (exact) mass is 461 g/mol. The van der Waals surface area contributed by atoms with Crippen LogP contribution >= 0.6 is 37.2 Å². The molecule has 3 N–H and O–H groups in total. The molecule has 9 heteroatoms. The molecule has 162 valence electrons. The van der Waals surface area contributed by atoms with Gasteiger partial charge in [-0.1, -0.05) is 30.3 Å². The van der Waals surface area contributed by atoms with Crippen molar-refractivity contribution in [3.63, 3.8) is 0 Å². The van der Waals surface area contributed by atoms with Crippen LogP contribution in [-0.2, 0) is 4.79 Å². The van der Waals surface area contributed by atoms with Crippen LogP contribution in [0.2, 0.25) is 0 Å². The SMILES string of the molecule is CN(C)C1CCN(c2ccc(NC(=O)C(N)c3ccccc3)nc2)CC1.Cl.Cl.Cl. The molecule has 2 heterocycles. The predicted octanol–water partition coefficient (Wildman–Crippen LogP) is 3.52. The van der Waals surface area contributed by atoms with Crippen molar-refractivity contribution in [2.45, 2.75) is 24.9 Å². The molecular weight excluding hydrogens is 433 g/mol. The molecule has 0 spiro atoms. The third-order valence-corrected chi connectivity index (χ3v) is 5.00. The number of hydrogen-bond donors (Lipinski definition) is 2. The first kappa shape index (κ1) is 27.4. The van der Waals surface area contributed by atoms with Gasteiger partial charge in [-0.15, -0.1) is 37.2 Å². The van der Waals surface area contributed by atoms with Crippen LogP contribution in [0, 0.1) is 0 Å². The number of piperidine rings is 1. The van der Waals surface area contributed by atoms with Crippen LogP contribution in [0.5, 0.6) is 0 Å². The maximum atomic E-state index is 12.3.